The van der Waals surface area contributed by atoms with Crippen LogP contribution in [0.15, 0.2) is 24.3 Å². The molecule has 2 aromatic carbocycles. The molecule has 4 atom stereocenters. The average Bonchev–Trinajstić information content (AvgIpc) is 3.84. The number of fused-ring (bicyclic) bond motifs is 5. The molecule has 2 bridgehead atoms. The minimum Gasteiger partial charge on any atom is -0.508 e. The van der Waals surface area contributed by atoms with Gasteiger partial charge in [0.1, 0.15) is 47.2 Å². The van der Waals surface area contributed by atoms with E-state index >= 15 is 8.78 Å². The Morgan fingerprint density at radius 2 is 1.76 bits per heavy atom. The summed E-state index contributed by atoms with van der Waals surface area (Å²) in [4.78, 5) is 44.8. The number of aromatic hydroxyl groups is 1. The molecule has 2 aromatic heterocycles. The molecule has 1 N–H and O–H groups in total. The topological polar surface area (TPSA) is 134 Å². The third-order valence-corrected chi connectivity index (χ3v) is 12.2. The second-order valence-corrected chi connectivity index (χ2v) is 15.8. The van der Waals surface area contributed by atoms with Crippen LogP contribution in [-0.2, 0) is 16.0 Å². The maximum Gasteiger partial charge on any atom is 0.471 e. The van der Waals surface area contributed by atoms with Crippen LogP contribution in [0.25, 0.3) is 32.9 Å². The Morgan fingerprint density at radius 1 is 1.02 bits per heavy atom. The number of carbonyl (C=O) groups excluding carboxylic acids is 2. The summed E-state index contributed by atoms with van der Waals surface area (Å²) in [6, 6.07) is 3.67. The van der Waals surface area contributed by atoms with Crippen molar-refractivity contribution >= 4 is 39.5 Å². The molecule has 4 aromatic rings. The smallest absolute Gasteiger partial charge is 0.471 e. The number of aryl methyl sites for hydroxylation is 1. The predicted molar refractivity (Wildman–Crippen MR) is 202 cm³/mol. The van der Waals surface area contributed by atoms with Gasteiger partial charge in [0.25, 0.3) is 0 Å². The second-order valence-electron chi connectivity index (χ2n) is 15.8. The molecule has 0 spiro atoms. The van der Waals surface area contributed by atoms with Gasteiger partial charge in [-0.3, -0.25) is 9.69 Å². The van der Waals surface area contributed by atoms with Gasteiger partial charge in [0, 0.05) is 38.8 Å². The highest BCUT2D eigenvalue weighted by molar-refractivity contribution is 6.03. The third kappa shape index (κ3) is 6.71. The zero-order chi connectivity index (χ0) is 41.3. The lowest BCUT2D eigenvalue weighted by Gasteiger charge is -2.42. The van der Waals surface area contributed by atoms with Gasteiger partial charge in [0.2, 0.25) is 5.88 Å². The number of alkyl halides is 3. The summed E-state index contributed by atoms with van der Waals surface area (Å²) in [7, 11) is 4.54. The van der Waals surface area contributed by atoms with Gasteiger partial charge in [-0.1, -0.05) is 13.0 Å². The Bertz CT molecular complexity index is 2280. The molecule has 4 saturated heterocycles. The molecule has 4 aliphatic rings. The van der Waals surface area contributed by atoms with E-state index < -0.39 is 47.4 Å². The number of nitrogens with zero attached hydrogens (tertiary/aromatic N) is 7. The van der Waals surface area contributed by atoms with Crippen LogP contribution in [0.4, 0.5) is 32.6 Å². The van der Waals surface area contributed by atoms with Crippen molar-refractivity contribution < 1.29 is 50.9 Å². The highest BCUT2D eigenvalue weighted by Crippen LogP contribution is 2.46. The van der Waals surface area contributed by atoms with E-state index in [-0.39, 0.29) is 89.9 Å². The van der Waals surface area contributed by atoms with Gasteiger partial charge in [-0.15, -0.1) is 0 Å². The van der Waals surface area contributed by atoms with Crippen LogP contribution < -0.4 is 14.4 Å². The molecule has 58 heavy (non-hydrogen) atoms. The largest absolute Gasteiger partial charge is 0.508 e. The quantitative estimate of drug-likeness (QED) is 0.193. The first-order chi connectivity index (χ1) is 27.6. The lowest BCUT2D eigenvalue weighted by molar-refractivity contribution is -0.188. The SMILES string of the molecule is CCc1c(F)ccc2cc(O)cc(-c3nc(OC)c4c(N5CC6CCC(C5)N6C(=O)C(F)(F)F)nc(OC[C@]56CCCN5[C@@H](COC(=O)N(C)C)CC6)nc4c3F)c12. The Morgan fingerprint density at radius 3 is 2.43 bits per heavy atom. The molecule has 310 valence electrons. The fourth-order valence-corrected chi connectivity index (χ4v) is 9.59. The standard InChI is InChI=1S/C40H44F5N7O6/c1-5-26-28(41)10-7-21-15-25(53)16-27(29(21)26)32-31(42)33-30(35(46-32)56-4)34(50-17-22-8-9-23(18-50)52(22)36(54)40(43,44)45)48-37(47-33)58-20-39-12-6-14-51(39)24(11-13-39)19-57-38(55)49(2)3/h7,10,15-16,22-24,53H,5-6,8-9,11-14,17-20H2,1-4H3/t22?,23?,24-,39-/m1/s1. The number of aromatic nitrogens is 3. The Balaban J connectivity index is 1.23. The van der Waals surface area contributed by atoms with E-state index in [2.05, 4.69) is 14.9 Å². The van der Waals surface area contributed by atoms with Gasteiger partial charge in [0.15, 0.2) is 5.82 Å². The molecule has 0 aliphatic carbocycles. The number of ether oxygens (including phenoxy) is 3. The molecule has 18 heteroatoms. The lowest BCUT2D eigenvalue weighted by Crippen LogP contribution is -2.59. The van der Waals surface area contributed by atoms with Gasteiger partial charge in [-0.2, -0.15) is 23.1 Å². The molecule has 6 heterocycles. The fourth-order valence-electron chi connectivity index (χ4n) is 9.59. The Kier molecular flexibility index (Phi) is 10.1. The van der Waals surface area contributed by atoms with Crippen molar-refractivity contribution in [2.24, 2.45) is 0 Å². The molecule has 4 aliphatic heterocycles. The van der Waals surface area contributed by atoms with E-state index in [9.17, 15) is 27.9 Å². The van der Waals surface area contributed by atoms with Crippen molar-refractivity contribution in [3.63, 3.8) is 0 Å². The van der Waals surface area contributed by atoms with Crippen LogP contribution in [0, 0.1) is 11.6 Å². The number of anilines is 1. The van der Waals surface area contributed by atoms with Gasteiger partial charge >= 0.3 is 24.2 Å². The first kappa shape index (κ1) is 39.6. The van der Waals surface area contributed by atoms with Crippen molar-refractivity contribution in [1.82, 2.24) is 29.7 Å². The number of pyridine rings is 1. The molecule has 4 fully saturated rings. The number of amides is 2. The van der Waals surface area contributed by atoms with Crippen molar-refractivity contribution in [1.29, 1.82) is 0 Å². The van der Waals surface area contributed by atoms with E-state index in [1.165, 1.54) is 36.3 Å². The molecule has 0 saturated carbocycles. The highest BCUT2D eigenvalue weighted by atomic mass is 19.4. The Hall–Kier alpha value is -5.26. The van der Waals surface area contributed by atoms with Crippen molar-refractivity contribution in [3.8, 4) is 28.9 Å². The zero-order valence-electron chi connectivity index (χ0n) is 32.5. The molecular weight excluding hydrogens is 769 g/mol. The summed E-state index contributed by atoms with van der Waals surface area (Å²) in [6.07, 6.45) is -1.46. The van der Waals surface area contributed by atoms with Gasteiger partial charge in [-0.05, 0) is 86.0 Å². The van der Waals surface area contributed by atoms with Gasteiger partial charge < -0.3 is 34.0 Å². The zero-order valence-corrected chi connectivity index (χ0v) is 32.5. The minimum absolute atomic E-state index is 0.0294. The molecule has 13 nitrogen and oxygen atoms in total. The maximum absolute atomic E-state index is 17.4. The van der Waals surface area contributed by atoms with Crippen LogP contribution in [0.5, 0.6) is 17.6 Å². The van der Waals surface area contributed by atoms with Crippen molar-refractivity contribution in [2.45, 2.75) is 81.7 Å². The Labute approximate surface area is 330 Å². The van der Waals surface area contributed by atoms with E-state index in [1.807, 2.05) is 0 Å². The fraction of sp³-hybridized carbons (Fsp3) is 0.525. The number of hydrogen-bond donors (Lipinski definition) is 1. The molecule has 0 radical (unpaired) electrons. The van der Waals surface area contributed by atoms with E-state index in [1.54, 1.807) is 25.9 Å². The molecule has 2 unspecified atom stereocenters. The number of piperazine rings is 1. The molecular formula is C40H44F5N7O6. The normalized spacial score (nSPS) is 23.2. The second kappa shape index (κ2) is 14.8. The van der Waals surface area contributed by atoms with Crippen LogP contribution in [-0.4, -0.2) is 131 Å². The number of hydrogen-bond acceptors (Lipinski definition) is 11. The summed E-state index contributed by atoms with van der Waals surface area (Å²) in [5, 5.41) is 11.6. The van der Waals surface area contributed by atoms with Gasteiger partial charge in [0.05, 0.1) is 24.7 Å². The van der Waals surface area contributed by atoms with Crippen molar-refractivity contribution in [3.05, 3.63) is 41.5 Å². The third-order valence-electron chi connectivity index (χ3n) is 12.2. The van der Waals surface area contributed by atoms with Crippen LogP contribution >= 0.6 is 0 Å². The van der Waals surface area contributed by atoms with Crippen LogP contribution in [0.3, 0.4) is 0 Å². The number of carbonyl (C=O) groups is 2. The number of methoxy groups -OCH3 is 1. The van der Waals surface area contributed by atoms with Crippen molar-refractivity contribution in [2.75, 3.05) is 59.0 Å². The monoisotopic (exact) mass is 813 g/mol. The van der Waals surface area contributed by atoms with E-state index in [4.69, 9.17) is 19.2 Å². The van der Waals surface area contributed by atoms with E-state index in [0.29, 0.717) is 23.6 Å². The summed E-state index contributed by atoms with van der Waals surface area (Å²) in [5.41, 5.74) is -0.620. The summed E-state index contributed by atoms with van der Waals surface area (Å²) < 4.78 is 91.3. The summed E-state index contributed by atoms with van der Waals surface area (Å²) in [5.74, 6) is -3.59. The number of rotatable bonds is 9. The first-order valence-corrected chi connectivity index (χ1v) is 19.4. The highest BCUT2D eigenvalue weighted by Gasteiger charge is 2.53. The maximum atomic E-state index is 17.4. The minimum atomic E-state index is -5.05. The number of phenols is 1. The van der Waals surface area contributed by atoms with Crippen LogP contribution in [0.1, 0.15) is 51.0 Å². The van der Waals surface area contributed by atoms with Gasteiger partial charge in [-0.25, -0.2) is 18.6 Å². The first-order valence-electron chi connectivity index (χ1n) is 19.4. The molecule has 8 rings (SSSR count). The van der Waals surface area contributed by atoms with E-state index in [0.717, 1.165) is 37.1 Å². The number of halogens is 5. The average molecular weight is 814 g/mol. The number of phenolic OH excluding ortho intramolecular Hbond substituents is 1. The lowest BCUT2D eigenvalue weighted by atomic mass is 9.94. The predicted octanol–water partition coefficient (Wildman–Crippen LogP) is 6.22. The summed E-state index contributed by atoms with van der Waals surface area (Å²) in [6.45, 7) is 2.73. The van der Waals surface area contributed by atoms with Crippen LogP contribution in [0.2, 0.25) is 0 Å². The number of benzene rings is 2. The molecule has 2 amide bonds. The summed E-state index contributed by atoms with van der Waals surface area (Å²) >= 11 is 0.